The van der Waals surface area contributed by atoms with Gasteiger partial charge >= 0.3 is 11.9 Å². The second kappa shape index (κ2) is 3.71. The zero-order chi connectivity index (χ0) is 11.8. The van der Waals surface area contributed by atoms with E-state index in [0.717, 1.165) is 0 Å². The molecule has 2 aliphatic heterocycles. The van der Waals surface area contributed by atoms with Crippen LogP contribution in [-0.4, -0.2) is 52.6 Å². The third kappa shape index (κ3) is 1.14. The van der Waals surface area contributed by atoms with Crippen LogP contribution in [0.5, 0.6) is 0 Å². The SMILES string of the molecule is COC(=O)C12COCC1(C(=O)OC)COC2. The molecule has 0 spiro atoms. The van der Waals surface area contributed by atoms with E-state index >= 15 is 0 Å². The zero-order valence-corrected chi connectivity index (χ0v) is 9.28. The molecule has 0 N–H and O–H groups in total. The van der Waals surface area contributed by atoms with E-state index in [2.05, 4.69) is 0 Å². The highest BCUT2D eigenvalue weighted by Gasteiger charge is 2.70. The lowest BCUT2D eigenvalue weighted by Crippen LogP contribution is -2.52. The number of methoxy groups -OCH3 is 2. The molecule has 16 heavy (non-hydrogen) atoms. The van der Waals surface area contributed by atoms with Crippen LogP contribution in [0.4, 0.5) is 0 Å². The summed E-state index contributed by atoms with van der Waals surface area (Å²) in [5.41, 5.74) is -2.09. The van der Waals surface area contributed by atoms with E-state index in [4.69, 9.17) is 18.9 Å². The molecular weight excluding hydrogens is 216 g/mol. The summed E-state index contributed by atoms with van der Waals surface area (Å²) in [5.74, 6) is -0.958. The average molecular weight is 230 g/mol. The van der Waals surface area contributed by atoms with Gasteiger partial charge in [0.2, 0.25) is 0 Å². The smallest absolute Gasteiger partial charge is 0.317 e. The maximum Gasteiger partial charge on any atom is 0.317 e. The normalized spacial score (nSPS) is 36.9. The zero-order valence-electron chi connectivity index (χ0n) is 9.28. The Balaban J connectivity index is 2.42. The first-order chi connectivity index (χ1) is 7.63. The van der Waals surface area contributed by atoms with Crippen molar-refractivity contribution in [2.24, 2.45) is 10.8 Å². The fraction of sp³-hybridized carbons (Fsp3) is 0.800. The van der Waals surface area contributed by atoms with Crippen molar-refractivity contribution in [2.75, 3.05) is 40.6 Å². The van der Waals surface area contributed by atoms with Crippen molar-refractivity contribution in [2.45, 2.75) is 0 Å². The molecule has 2 fully saturated rings. The van der Waals surface area contributed by atoms with Gasteiger partial charge in [0.05, 0.1) is 40.6 Å². The van der Waals surface area contributed by atoms with Gasteiger partial charge in [-0.25, -0.2) is 0 Å². The van der Waals surface area contributed by atoms with Crippen LogP contribution in [-0.2, 0) is 28.5 Å². The number of carbonyl (C=O) groups is 2. The molecule has 0 unspecified atom stereocenters. The molecule has 0 aromatic rings. The lowest BCUT2D eigenvalue weighted by Gasteiger charge is -2.30. The molecule has 0 aliphatic carbocycles. The molecule has 0 bridgehead atoms. The molecule has 0 radical (unpaired) electrons. The molecule has 2 heterocycles. The van der Waals surface area contributed by atoms with E-state index in [1.54, 1.807) is 0 Å². The largest absolute Gasteiger partial charge is 0.468 e. The Kier molecular flexibility index (Phi) is 2.63. The van der Waals surface area contributed by atoms with Crippen molar-refractivity contribution in [1.29, 1.82) is 0 Å². The highest BCUT2D eigenvalue weighted by atomic mass is 16.6. The molecule has 6 heteroatoms. The maximum absolute atomic E-state index is 11.9. The van der Waals surface area contributed by atoms with Gasteiger partial charge in [-0.1, -0.05) is 0 Å². The van der Waals surface area contributed by atoms with Crippen molar-refractivity contribution >= 4 is 11.9 Å². The number of ether oxygens (including phenoxy) is 4. The Bertz CT molecular complexity index is 283. The van der Waals surface area contributed by atoms with E-state index in [0.29, 0.717) is 0 Å². The molecular formula is C10H14O6. The molecule has 2 rings (SSSR count). The van der Waals surface area contributed by atoms with Crippen molar-refractivity contribution < 1.29 is 28.5 Å². The summed E-state index contributed by atoms with van der Waals surface area (Å²) < 4.78 is 20.1. The highest BCUT2D eigenvalue weighted by molar-refractivity contribution is 5.90. The summed E-state index contributed by atoms with van der Waals surface area (Å²) in [5, 5.41) is 0. The number of esters is 2. The van der Waals surface area contributed by atoms with E-state index in [1.807, 2.05) is 0 Å². The van der Waals surface area contributed by atoms with Gasteiger partial charge in [0, 0.05) is 0 Å². The second-order valence-corrected chi connectivity index (χ2v) is 4.13. The Morgan fingerprint density at radius 2 is 1.19 bits per heavy atom. The summed E-state index contributed by atoms with van der Waals surface area (Å²) in [6.45, 7) is 0.535. The van der Waals surface area contributed by atoms with E-state index in [-0.39, 0.29) is 26.4 Å². The lowest BCUT2D eigenvalue weighted by molar-refractivity contribution is -0.168. The Morgan fingerprint density at radius 3 is 1.44 bits per heavy atom. The van der Waals surface area contributed by atoms with Gasteiger partial charge in [-0.3, -0.25) is 9.59 Å². The van der Waals surface area contributed by atoms with Crippen LogP contribution < -0.4 is 0 Å². The summed E-state index contributed by atoms with van der Waals surface area (Å²) in [7, 11) is 2.57. The number of carbonyl (C=O) groups excluding carboxylic acids is 2. The minimum atomic E-state index is -1.05. The van der Waals surface area contributed by atoms with Crippen LogP contribution in [0.3, 0.4) is 0 Å². The van der Waals surface area contributed by atoms with Crippen LogP contribution in [0.25, 0.3) is 0 Å². The topological polar surface area (TPSA) is 71.1 Å². The van der Waals surface area contributed by atoms with Crippen molar-refractivity contribution in [3.05, 3.63) is 0 Å². The summed E-state index contributed by atoms with van der Waals surface area (Å²) in [4.78, 5) is 23.7. The van der Waals surface area contributed by atoms with Gasteiger partial charge in [0.25, 0.3) is 0 Å². The average Bonchev–Trinajstić information content (AvgIpc) is 2.82. The van der Waals surface area contributed by atoms with Gasteiger partial charge in [0.1, 0.15) is 10.8 Å². The molecule has 2 aliphatic rings. The standard InChI is InChI=1S/C10H14O6/c1-13-7(11)9-3-15-5-10(9,6-16-4-9)8(12)14-2/h3-6H2,1-2H3. The quantitative estimate of drug-likeness (QED) is 0.588. The maximum atomic E-state index is 11.9. The third-order valence-electron chi connectivity index (χ3n) is 3.46. The van der Waals surface area contributed by atoms with Crippen molar-refractivity contribution in [1.82, 2.24) is 0 Å². The Morgan fingerprint density at radius 1 is 0.875 bits per heavy atom. The monoisotopic (exact) mass is 230 g/mol. The minimum absolute atomic E-state index is 0.134. The van der Waals surface area contributed by atoms with Crippen LogP contribution in [0.1, 0.15) is 0 Å². The van der Waals surface area contributed by atoms with Gasteiger partial charge in [-0.15, -0.1) is 0 Å². The van der Waals surface area contributed by atoms with Gasteiger partial charge < -0.3 is 18.9 Å². The molecule has 0 aromatic carbocycles. The van der Waals surface area contributed by atoms with E-state index in [9.17, 15) is 9.59 Å². The number of hydrogen-bond acceptors (Lipinski definition) is 6. The van der Waals surface area contributed by atoms with Crippen LogP contribution >= 0.6 is 0 Å². The van der Waals surface area contributed by atoms with Crippen molar-refractivity contribution in [3.8, 4) is 0 Å². The van der Waals surface area contributed by atoms with Gasteiger partial charge in [-0.2, -0.15) is 0 Å². The Hall–Kier alpha value is -1.14. The highest BCUT2D eigenvalue weighted by Crippen LogP contribution is 2.51. The number of rotatable bonds is 2. The lowest BCUT2D eigenvalue weighted by atomic mass is 9.68. The molecule has 0 atom stereocenters. The first-order valence-electron chi connectivity index (χ1n) is 4.95. The minimum Gasteiger partial charge on any atom is -0.468 e. The molecule has 6 nitrogen and oxygen atoms in total. The third-order valence-corrected chi connectivity index (χ3v) is 3.46. The fourth-order valence-corrected chi connectivity index (χ4v) is 2.45. The number of fused-ring (bicyclic) bond motifs is 1. The summed E-state index contributed by atoms with van der Waals surface area (Å²) in [6.07, 6.45) is 0. The first-order valence-corrected chi connectivity index (χ1v) is 4.95. The predicted octanol–water partition coefficient (Wildman–Crippen LogP) is -0.634. The fourth-order valence-electron chi connectivity index (χ4n) is 2.45. The van der Waals surface area contributed by atoms with Gasteiger partial charge in [0.15, 0.2) is 0 Å². The molecule has 90 valence electrons. The predicted molar refractivity (Wildman–Crippen MR) is 50.5 cm³/mol. The molecule has 0 saturated carbocycles. The van der Waals surface area contributed by atoms with E-state index in [1.165, 1.54) is 14.2 Å². The van der Waals surface area contributed by atoms with E-state index < -0.39 is 22.8 Å². The van der Waals surface area contributed by atoms with Crippen LogP contribution in [0, 0.1) is 10.8 Å². The van der Waals surface area contributed by atoms with Crippen LogP contribution in [0.2, 0.25) is 0 Å². The Labute approximate surface area is 92.8 Å². The van der Waals surface area contributed by atoms with Gasteiger partial charge in [-0.05, 0) is 0 Å². The second-order valence-electron chi connectivity index (χ2n) is 4.13. The summed E-state index contributed by atoms with van der Waals surface area (Å²) >= 11 is 0. The molecule has 0 aromatic heterocycles. The van der Waals surface area contributed by atoms with Crippen molar-refractivity contribution in [3.63, 3.8) is 0 Å². The first kappa shape index (κ1) is 11.3. The summed E-state index contributed by atoms with van der Waals surface area (Å²) in [6, 6.07) is 0. The molecule has 2 saturated heterocycles. The van der Waals surface area contributed by atoms with Crippen LogP contribution in [0.15, 0.2) is 0 Å². The molecule has 0 amide bonds. The number of hydrogen-bond donors (Lipinski definition) is 0.